The molecule has 0 fully saturated rings. The summed E-state index contributed by atoms with van der Waals surface area (Å²) in [5, 5.41) is 12.1. The van der Waals surface area contributed by atoms with Crippen molar-refractivity contribution in [1.29, 1.82) is 0 Å². The van der Waals surface area contributed by atoms with Gasteiger partial charge in [0, 0.05) is 19.3 Å². The van der Waals surface area contributed by atoms with E-state index in [2.05, 4.69) is 29.0 Å². The predicted molar refractivity (Wildman–Crippen MR) is 72.1 cm³/mol. The molecule has 5 heteroatoms. The van der Waals surface area contributed by atoms with Gasteiger partial charge < -0.3 is 15.3 Å². The largest absolute Gasteiger partial charge is 0.476 e. The predicted octanol–water partition coefficient (Wildman–Crippen LogP) is 1.92. The van der Waals surface area contributed by atoms with Gasteiger partial charge in [0.05, 0.1) is 5.69 Å². The molecule has 0 atom stereocenters. The van der Waals surface area contributed by atoms with Crippen molar-refractivity contribution in [1.82, 2.24) is 9.88 Å². The molecule has 0 aliphatic heterocycles. The number of anilines is 1. The summed E-state index contributed by atoms with van der Waals surface area (Å²) in [7, 11) is 0. The summed E-state index contributed by atoms with van der Waals surface area (Å²) in [6.45, 7) is 7.98. The summed E-state index contributed by atoms with van der Waals surface area (Å²) in [5.74, 6) is -1.00. The van der Waals surface area contributed by atoms with E-state index in [-0.39, 0.29) is 5.69 Å². The number of aromatic nitrogens is 1. The molecule has 18 heavy (non-hydrogen) atoms. The average molecular weight is 251 g/mol. The Hall–Kier alpha value is -1.62. The van der Waals surface area contributed by atoms with Crippen LogP contribution in [0.4, 0.5) is 5.69 Å². The number of hydrogen-bond acceptors (Lipinski definition) is 4. The van der Waals surface area contributed by atoms with Gasteiger partial charge in [0.25, 0.3) is 0 Å². The van der Waals surface area contributed by atoms with Crippen LogP contribution in [-0.2, 0) is 0 Å². The van der Waals surface area contributed by atoms with E-state index in [1.54, 1.807) is 12.1 Å². The zero-order chi connectivity index (χ0) is 13.4. The molecule has 0 aliphatic rings. The normalized spacial score (nSPS) is 10.6. The molecule has 1 aromatic rings. The van der Waals surface area contributed by atoms with E-state index in [1.165, 1.54) is 6.20 Å². The first-order valence-corrected chi connectivity index (χ1v) is 6.33. The molecule has 0 saturated carbocycles. The van der Waals surface area contributed by atoms with E-state index in [0.717, 1.165) is 32.6 Å². The molecule has 0 bridgehead atoms. The molecular weight excluding hydrogens is 230 g/mol. The fourth-order valence-corrected chi connectivity index (χ4v) is 1.81. The van der Waals surface area contributed by atoms with Gasteiger partial charge in [-0.25, -0.2) is 9.78 Å². The van der Waals surface area contributed by atoms with E-state index in [0.29, 0.717) is 5.69 Å². The van der Waals surface area contributed by atoms with Crippen LogP contribution in [0.5, 0.6) is 0 Å². The summed E-state index contributed by atoms with van der Waals surface area (Å²) in [4.78, 5) is 17.1. The number of carboxylic acid groups (broad SMARTS) is 1. The number of nitrogens with zero attached hydrogens (tertiary/aromatic N) is 2. The average Bonchev–Trinajstić information content (AvgIpc) is 2.38. The molecule has 1 aromatic heterocycles. The minimum Gasteiger partial charge on any atom is -0.476 e. The number of carboxylic acids is 1. The summed E-state index contributed by atoms with van der Waals surface area (Å²) in [6, 6.07) is 3.48. The van der Waals surface area contributed by atoms with Crippen LogP contribution in [0.15, 0.2) is 18.3 Å². The maximum Gasteiger partial charge on any atom is 0.356 e. The van der Waals surface area contributed by atoms with Crippen LogP contribution >= 0.6 is 0 Å². The van der Waals surface area contributed by atoms with Gasteiger partial charge in [0.15, 0.2) is 5.69 Å². The Morgan fingerprint density at radius 2 is 2.22 bits per heavy atom. The fourth-order valence-electron chi connectivity index (χ4n) is 1.81. The highest BCUT2D eigenvalue weighted by Crippen LogP contribution is 2.11. The molecule has 1 rings (SSSR count). The number of aromatic carboxylic acids is 1. The number of hydrogen-bond donors (Lipinski definition) is 2. The first-order chi connectivity index (χ1) is 8.69. The quantitative estimate of drug-likeness (QED) is 0.739. The van der Waals surface area contributed by atoms with Crippen molar-refractivity contribution in [3.63, 3.8) is 0 Å². The summed E-state index contributed by atoms with van der Waals surface area (Å²) in [6.07, 6.45) is 2.62. The standard InChI is InChI=1S/C13H21N3O2/c1-3-9-16(4-2)10-8-14-11-6-5-7-15-12(11)13(17)18/h5-7,14H,3-4,8-10H2,1-2H3,(H,17,18). The monoisotopic (exact) mass is 251 g/mol. The zero-order valence-corrected chi connectivity index (χ0v) is 11.0. The molecule has 0 aliphatic carbocycles. The molecule has 100 valence electrons. The van der Waals surface area contributed by atoms with Crippen LogP contribution in [-0.4, -0.2) is 47.1 Å². The van der Waals surface area contributed by atoms with Gasteiger partial charge >= 0.3 is 5.97 Å². The second-order valence-corrected chi connectivity index (χ2v) is 4.07. The minimum atomic E-state index is -1.00. The first kappa shape index (κ1) is 14.4. The van der Waals surface area contributed by atoms with Gasteiger partial charge in [-0.1, -0.05) is 13.8 Å². The third-order valence-electron chi connectivity index (χ3n) is 2.74. The molecule has 0 unspecified atom stereocenters. The molecule has 5 nitrogen and oxygen atoms in total. The topological polar surface area (TPSA) is 65.5 Å². The Balaban J connectivity index is 2.50. The molecule has 0 aromatic carbocycles. The van der Waals surface area contributed by atoms with Crippen molar-refractivity contribution in [2.24, 2.45) is 0 Å². The summed E-state index contributed by atoms with van der Waals surface area (Å²) in [5.41, 5.74) is 0.661. The third kappa shape index (κ3) is 4.33. The lowest BCUT2D eigenvalue weighted by atomic mass is 10.3. The van der Waals surface area contributed by atoms with Crippen LogP contribution in [0.3, 0.4) is 0 Å². The van der Waals surface area contributed by atoms with E-state index in [4.69, 9.17) is 5.11 Å². The van der Waals surface area contributed by atoms with Gasteiger partial charge in [-0.05, 0) is 31.6 Å². The van der Waals surface area contributed by atoms with Crippen molar-refractivity contribution < 1.29 is 9.90 Å². The first-order valence-electron chi connectivity index (χ1n) is 6.33. The Morgan fingerprint density at radius 1 is 1.44 bits per heavy atom. The van der Waals surface area contributed by atoms with Gasteiger partial charge in [0.2, 0.25) is 0 Å². The SMILES string of the molecule is CCCN(CC)CCNc1cccnc1C(=O)O. The van der Waals surface area contributed by atoms with Gasteiger partial charge in [0.1, 0.15) is 0 Å². The van der Waals surface area contributed by atoms with Crippen molar-refractivity contribution in [2.45, 2.75) is 20.3 Å². The van der Waals surface area contributed by atoms with Crippen molar-refractivity contribution in [2.75, 3.05) is 31.5 Å². The number of carbonyl (C=O) groups is 1. The molecule has 0 radical (unpaired) electrons. The Kier molecular flexibility index (Phi) is 6.14. The molecule has 2 N–H and O–H groups in total. The highest BCUT2D eigenvalue weighted by atomic mass is 16.4. The Labute approximate surface area is 108 Å². The van der Waals surface area contributed by atoms with Crippen LogP contribution in [0, 0.1) is 0 Å². The molecular formula is C13H21N3O2. The van der Waals surface area contributed by atoms with E-state index in [1.807, 2.05) is 0 Å². The third-order valence-corrected chi connectivity index (χ3v) is 2.74. The zero-order valence-electron chi connectivity index (χ0n) is 11.0. The lowest BCUT2D eigenvalue weighted by Crippen LogP contribution is -2.29. The highest BCUT2D eigenvalue weighted by molar-refractivity contribution is 5.91. The Bertz CT molecular complexity index is 382. The molecule has 0 amide bonds. The van der Waals surface area contributed by atoms with Crippen molar-refractivity contribution in [3.05, 3.63) is 24.0 Å². The number of likely N-dealkylation sites (N-methyl/N-ethyl adjacent to an activating group) is 1. The molecule has 0 saturated heterocycles. The minimum absolute atomic E-state index is 0.0797. The van der Waals surface area contributed by atoms with E-state index >= 15 is 0 Å². The fraction of sp³-hybridized carbons (Fsp3) is 0.538. The maximum absolute atomic E-state index is 11.0. The van der Waals surface area contributed by atoms with Crippen LogP contribution < -0.4 is 5.32 Å². The Morgan fingerprint density at radius 3 is 2.83 bits per heavy atom. The second-order valence-electron chi connectivity index (χ2n) is 4.07. The lowest BCUT2D eigenvalue weighted by molar-refractivity contribution is 0.0691. The highest BCUT2D eigenvalue weighted by Gasteiger charge is 2.10. The van der Waals surface area contributed by atoms with E-state index < -0.39 is 5.97 Å². The number of pyridine rings is 1. The molecule has 1 heterocycles. The smallest absolute Gasteiger partial charge is 0.356 e. The van der Waals surface area contributed by atoms with Gasteiger partial charge in [-0.15, -0.1) is 0 Å². The summed E-state index contributed by atoms with van der Waals surface area (Å²) < 4.78 is 0. The summed E-state index contributed by atoms with van der Waals surface area (Å²) >= 11 is 0. The molecule has 0 spiro atoms. The van der Waals surface area contributed by atoms with E-state index in [9.17, 15) is 4.79 Å². The van der Waals surface area contributed by atoms with Gasteiger partial charge in [-0.3, -0.25) is 0 Å². The van der Waals surface area contributed by atoms with Crippen molar-refractivity contribution >= 4 is 11.7 Å². The van der Waals surface area contributed by atoms with Crippen LogP contribution in [0.25, 0.3) is 0 Å². The van der Waals surface area contributed by atoms with Crippen LogP contribution in [0.1, 0.15) is 30.8 Å². The van der Waals surface area contributed by atoms with Crippen LogP contribution in [0.2, 0.25) is 0 Å². The number of nitrogens with one attached hydrogen (secondary N) is 1. The maximum atomic E-state index is 11.0. The lowest BCUT2D eigenvalue weighted by Gasteiger charge is -2.20. The second kappa shape index (κ2) is 7.66. The van der Waals surface area contributed by atoms with Gasteiger partial charge in [-0.2, -0.15) is 0 Å². The number of rotatable bonds is 8. The van der Waals surface area contributed by atoms with Crippen molar-refractivity contribution in [3.8, 4) is 0 Å².